The average molecular weight is 294 g/mol. The van der Waals surface area contributed by atoms with Gasteiger partial charge in [-0.2, -0.15) is 0 Å². The number of hydrogen-bond donors (Lipinski definition) is 0. The van der Waals surface area contributed by atoms with Crippen LogP contribution in [0, 0.1) is 17.8 Å². The second-order valence-electron chi connectivity index (χ2n) is 5.03. The van der Waals surface area contributed by atoms with Crippen LogP contribution in [0.15, 0.2) is 23.4 Å². The van der Waals surface area contributed by atoms with Gasteiger partial charge in [0.1, 0.15) is 5.75 Å². The number of nitrogens with zero attached hydrogens (tertiary/aromatic N) is 1. The molecule has 0 aromatic heterocycles. The first-order chi connectivity index (χ1) is 9.34. The molecule has 1 rings (SSSR count). The Labute approximate surface area is 123 Å². The van der Waals surface area contributed by atoms with E-state index < -0.39 is 5.41 Å². The molecule has 0 fully saturated rings. The Hall–Kier alpha value is -1.99. The van der Waals surface area contributed by atoms with Crippen LogP contribution in [0.1, 0.15) is 26.3 Å². The summed E-state index contributed by atoms with van der Waals surface area (Å²) in [5.41, 5.74) is -0.0688. The topological polar surface area (TPSA) is 47.9 Å². The van der Waals surface area contributed by atoms with Crippen molar-refractivity contribution in [3.8, 4) is 18.1 Å². The van der Waals surface area contributed by atoms with Crippen molar-refractivity contribution in [2.45, 2.75) is 20.8 Å². The van der Waals surface area contributed by atoms with E-state index in [2.05, 4.69) is 11.1 Å². The number of esters is 1. The maximum absolute atomic E-state index is 11.9. The van der Waals surface area contributed by atoms with Gasteiger partial charge in [-0.15, -0.1) is 6.42 Å². The van der Waals surface area contributed by atoms with Crippen LogP contribution < -0.4 is 4.74 Å². The van der Waals surface area contributed by atoms with Gasteiger partial charge in [-0.3, -0.25) is 4.79 Å². The monoisotopic (exact) mass is 293 g/mol. The van der Waals surface area contributed by atoms with Crippen LogP contribution >= 0.6 is 11.6 Å². The van der Waals surface area contributed by atoms with Crippen LogP contribution in [0.4, 0.5) is 0 Å². The number of benzene rings is 1. The number of oxime groups is 1. The molecule has 0 unspecified atom stereocenters. The maximum Gasteiger partial charge on any atom is 0.316 e. The van der Waals surface area contributed by atoms with Gasteiger partial charge in [0.05, 0.1) is 11.6 Å². The molecule has 0 radical (unpaired) electrons. The number of carbonyl (C=O) groups excluding carboxylic acids is 1. The molecule has 0 N–H and O–H groups in total. The lowest BCUT2D eigenvalue weighted by Gasteiger charge is -2.17. The van der Waals surface area contributed by atoms with E-state index in [-0.39, 0.29) is 12.6 Å². The van der Waals surface area contributed by atoms with E-state index in [9.17, 15) is 4.79 Å². The highest BCUT2D eigenvalue weighted by molar-refractivity contribution is 6.30. The minimum Gasteiger partial charge on any atom is -0.425 e. The van der Waals surface area contributed by atoms with Crippen molar-refractivity contribution in [3.63, 3.8) is 0 Å². The Kier molecular flexibility index (Phi) is 5.60. The van der Waals surface area contributed by atoms with Gasteiger partial charge in [0.25, 0.3) is 0 Å². The highest BCUT2D eigenvalue weighted by Crippen LogP contribution is 2.24. The van der Waals surface area contributed by atoms with Crippen LogP contribution in [-0.2, 0) is 9.63 Å². The molecule has 0 amide bonds. The van der Waals surface area contributed by atoms with Crippen molar-refractivity contribution in [3.05, 3.63) is 28.8 Å². The van der Waals surface area contributed by atoms with Crippen molar-refractivity contribution in [1.29, 1.82) is 0 Å². The minimum atomic E-state index is -0.603. The Balaban J connectivity index is 2.94. The van der Waals surface area contributed by atoms with Crippen LogP contribution in [0.25, 0.3) is 0 Å². The molecule has 0 aliphatic rings. The fourth-order valence-electron chi connectivity index (χ4n) is 1.13. The molecule has 0 aliphatic heterocycles. The summed E-state index contributed by atoms with van der Waals surface area (Å²) in [4.78, 5) is 16.7. The predicted octanol–water partition coefficient (Wildman–Crippen LogP) is 3.28. The number of carbonyl (C=O) groups is 1. The van der Waals surface area contributed by atoms with Crippen LogP contribution in [0.3, 0.4) is 0 Å². The summed E-state index contributed by atoms with van der Waals surface area (Å²) in [5.74, 6) is 2.30. The first-order valence-corrected chi connectivity index (χ1v) is 6.33. The van der Waals surface area contributed by atoms with E-state index in [4.69, 9.17) is 27.6 Å². The Morgan fingerprint density at radius 1 is 1.50 bits per heavy atom. The molecule has 0 atom stereocenters. The van der Waals surface area contributed by atoms with Gasteiger partial charge < -0.3 is 9.57 Å². The zero-order valence-corrected chi connectivity index (χ0v) is 12.4. The normalized spacial score (nSPS) is 11.2. The molecule has 0 spiro atoms. The van der Waals surface area contributed by atoms with Gasteiger partial charge in [-0.1, -0.05) is 22.7 Å². The standard InChI is InChI=1S/C15H16ClNO3/c1-5-8-19-17-10-11-9-12(16)6-7-13(11)20-14(18)15(2,3)4/h1,6-7,9-10H,8H2,2-4H3/b17-10+. The smallest absolute Gasteiger partial charge is 0.316 e. The van der Waals surface area contributed by atoms with E-state index in [1.165, 1.54) is 6.21 Å². The second-order valence-corrected chi connectivity index (χ2v) is 5.47. The summed E-state index contributed by atoms with van der Waals surface area (Å²) in [5, 5.41) is 4.18. The third-order valence-electron chi connectivity index (χ3n) is 2.20. The van der Waals surface area contributed by atoms with E-state index in [0.29, 0.717) is 16.3 Å². The first-order valence-electron chi connectivity index (χ1n) is 5.95. The van der Waals surface area contributed by atoms with Crippen molar-refractivity contribution >= 4 is 23.8 Å². The molecule has 106 valence electrons. The maximum atomic E-state index is 11.9. The van der Waals surface area contributed by atoms with Crippen molar-refractivity contribution in [2.75, 3.05) is 6.61 Å². The molecule has 0 saturated heterocycles. The summed E-state index contributed by atoms with van der Waals surface area (Å²) in [6.07, 6.45) is 6.43. The van der Waals surface area contributed by atoms with Gasteiger partial charge in [0.2, 0.25) is 0 Å². The molecule has 1 aromatic carbocycles. The quantitative estimate of drug-likeness (QED) is 0.214. The predicted molar refractivity (Wildman–Crippen MR) is 78.9 cm³/mol. The zero-order valence-electron chi connectivity index (χ0n) is 11.6. The summed E-state index contributed by atoms with van der Waals surface area (Å²) >= 11 is 5.91. The van der Waals surface area contributed by atoms with Gasteiger partial charge in [-0.25, -0.2) is 0 Å². The van der Waals surface area contributed by atoms with Crippen LogP contribution in [0.2, 0.25) is 5.02 Å². The van der Waals surface area contributed by atoms with E-state index in [1.807, 2.05) is 0 Å². The van der Waals surface area contributed by atoms with Crippen molar-refractivity contribution in [1.82, 2.24) is 0 Å². The highest BCUT2D eigenvalue weighted by atomic mass is 35.5. The molecular weight excluding hydrogens is 278 g/mol. The van der Waals surface area contributed by atoms with Crippen LogP contribution in [-0.4, -0.2) is 18.8 Å². The number of rotatable bonds is 4. The molecule has 0 saturated carbocycles. The summed E-state index contributed by atoms with van der Waals surface area (Å²) in [6, 6.07) is 4.86. The second kappa shape index (κ2) is 6.97. The zero-order chi connectivity index (χ0) is 15.2. The largest absolute Gasteiger partial charge is 0.425 e. The molecule has 4 nitrogen and oxygen atoms in total. The summed E-state index contributed by atoms with van der Waals surface area (Å²) in [6.45, 7) is 5.38. The molecule has 5 heteroatoms. The molecule has 1 aromatic rings. The molecule has 0 bridgehead atoms. The van der Waals surface area contributed by atoms with Crippen LogP contribution in [0.5, 0.6) is 5.75 Å². The fourth-order valence-corrected chi connectivity index (χ4v) is 1.32. The number of halogens is 1. The van der Waals surface area contributed by atoms with Gasteiger partial charge >= 0.3 is 5.97 Å². The number of ether oxygens (including phenoxy) is 1. The third-order valence-corrected chi connectivity index (χ3v) is 2.44. The van der Waals surface area contributed by atoms with E-state index in [1.54, 1.807) is 39.0 Å². The molecule has 0 aliphatic carbocycles. The third kappa shape index (κ3) is 4.94. The molecular formula is C15H16ClNO3. The van der Waals surface area contributed by atoms with Crippen molar-refractivity contribution < 1.29 is 14.4 Å². The van der Waals surface area contributed by atoms with Crippen molar-refractivity contribution in [2.24, 2.45) is 10.6 Å². The first kappa shape index (κ1) is 16.1. The van der Waals surface area contributed by atoms with Gasteiger partial charge in [0.15, 0.2) is 6.61 Å². The highest BCUT2D eigenvalue weighted by Gasteiger charge is 2.24. The lowest BCUT2D eigenvalue weighted by molar-refractivity contribution is -0.143. The fraction of sp³-hybridized carbons (Fsp3) is 0.333. The Morgan fingerprint density at radius 3 is 2.80 bits per heavy atom. The Morgan fingerprint density at radius 2 is 2.20 bits per heavy atom. The average Bonchev–Trinajstić information content (AvgIpc) is 2.36. The SMILES string of the molecule is C#CCO/N=C/c1cc(Cl)ccc1OC(=O)C(C)(C)C. The lowest BCUT2D eigenvalue weighted by Crippen LogP contribution is -2.25. The number of hydrogen-bond acceptors (Lipinski definition) is 4. The lowest BCUT2D eigenvalue weighted by atomic mass is 9.97. The minimum absolute atomic E-state index is 0.0637. The van der Waals surface area contributed by atoms with E-state index in [0.717, 1.165) is 0 Å². The summed E-state index contributed by atoms with van der Waals surface area (Å²) < 4.78 is 5.34. The van der Waals surface area contributed by atoms with Gasteiger partial charge in [-0.05, 0) is 39.0 Å². The molecule has 0 heterocycles. The van der Waals surface area contributed by atoms with E-state index >= 15 is 0 Å². The van der Waals surface area contributed by atoms with Gasteiger partial charge in [0, 0.05) is 10.6 Å². The number of terminal acetylenes is 1. The Bertz CT molecular complexity index is 553. The molecule has 20 heavy (non-hydrogen) atoms. The summed E-state index contributed by atoms with van der Waals surface area (Å²) in [7, 11) is 0.